The number of carbonyl (C=O) groups excluding carboxylic acids is 1. The van der Waals surface area contributed by atoms with Crippen LogP contribution in [0.5, 0.6) is 0 Å². The topological polar surface area (TPSA) is 120 Å². The van der Waals surface area contributed by atoms with Gasteiger partial charge >= 0.3 is 0 Å². The van der Waals surface area contributed by atoms with E-state index in [2.05, 4.69) is 33.5 Å². The average molecular weight is 444 g/mol. The molecule has 0 aliphatic carbocycles. The van der Waals surface area contributed by atoms with Gasteiger partial charge in [0, 0.05) is 49.2 Å². The second kappa shape index (κ2) is 11.4. The summed E-state index contributed by atoms with van der Waals surface area (Å²) < 4.78 is 0. The Morgan fingerprint density at radius 1 is 1.35 bits per heavy atom. The Labute approximate surface area is 189 Å². The van der Waals surface area contributed by atoms with Crippen molar-refractivity contribution in [3.05, 3.63) is 35.5 Å². The molecule has 2 aromatic rings. The summed E-state index contributed by atoms with van der Waals surface area (Å²) in [5, 5.41) is 15.5. The number of halogens is 1. The van der Waals surface area contributed by atoms with E-state index in [1.807, 2.05) is 12.1 Å². The number of piperidine rings is 1. The lowest BCUT2D eigenvalue weighted by Crippen LogP contribution is -2.47. The Morgan fingerprint density at radius 3 is 2.87 bits per heavy atom. The maximum atomic E-state index is 11.5. The van der Waals surface area contributed by atoms with Gasteiger partial charge in [-0.05, 0) is 43.9 Å². The van der Waals surface area contributed by atoms with Gasteiger partial charge in [-0.2, -0.15) is 10.2 Å². The second-order valence-corrected chi connectivity index (χ2v) is 7.67. The van der Waals surface area contributed by atoms with Crippen LogP contribution in [-0.4, -0.2) is 35.0 Å². The number of benzene rings is 1. The van der Waals surface area contributed by atoms with Crippen LogP contribution in [0.15, 0.2) is 24.3 Å². The first-order valence-electron chi connectivity index (χ1n) is 10.4. The molecule has 1 aliphatic heterocycles. The zero-order valence-corrected chi connectivity index (χ0v) is 18.8. The number of hydrogen-bond donors (Lipinski definition) is 3. The van der Waals surface area contributed by atoms with Crippen LogP contribution in [0.1, 0.15) is 50.8 Å². The highest BCUT2D eigenvalue weighted by atomic mass is 35.5. The minimum atomic E-state index is -0.00724. The van der Waals surface area contributed by atoms with Crippen LogP contribution in [0.3, 0.4) is 0 Å². The molecule has 1 unspecified atom stereocenters. The Bertz CT molecular complexity index is 944. The molecule has 8 nitrogen and oxygen atoms in total. The first-order chi connectivity index (χ1) is 14.5. The number of rotatable bonds is 7. The van der Waals surface area contributed by atoms with E-state index in [0.29, 0.717) is 22.9 Å². The van der Waals surface area contributed by atoms with Gasteiger partial charge in [0.25, 0.3) is 0 Å². The first-order valence-corrected chi connectivity index (χ1v) is 10.4. The summed E-state index contributed by atoms with van der Waals surface area (Å²) in [5.41, 5.74) is 8.37. The molecular weight excluding hydrogens is 414 g/mol. The van der Waals surface area contributed by atoms with Crippen LogP contribution in [0.25, 0.3) is 0 Å². The van der Waals surface area contributed by atoms with Gasteiger partial charge in [-0.1, -0.05) is 13.3 Å². The van der Waals surface area contributed by atoms with E-state index < -0.39 is 0 Å². The number of anilines is 4. The number of nitrogens with two attached hydrogens (primary N) is 1. The van der Waals surface area contributed by atoms with E-state index >= 15 is 0 Å². The maximum absolute atomic E-state index is 11.5. The van der Waals surface area contributed by atoms with Crippen LogP contribution in [-0.2, 0) is 11.2 Å². The van der Waals surface area contributed by atoms with Gasteiger partial charge in [-0.3, -0.25) is 4.79 Å². The van der Waals surface area contributed by atoms with E-state index in [1.165, 1.54) is 0 Å². The van der Waals surface area contributed by atoms with Gasteiger partial charge in [0.1, 0.15) is 11.9 Å². The third-order valence-corrected chi connectivity index (χ3v) is 5.13. The predicted octanol–water partition coefficient (Wildman–Crippen LogP) is 3.54. The molecule has 1 saturated heterocycles. The van der Waals surface area contributed by atoms with Gasteiger partial charge in [-0.25, -0.2) is 4.98 Å². The highest BCUT2D eigenvalue weighted by Crippen LogP contribution is 2.24. The number of hydrogen-bond acceptors (Lipinski definition) is 7. The Hall–Kier alpha value is -3.05. The SMILES string of the molecule is CCCCc1cc(N2CCCC(NC(C)=O)C2)nc(Nc2ccc(N)c(C#N)c2)n1.Cl. The molecule has 3 rings (SSSR count). The van der Waals surface area contributed by atoms with Crippen molar-refractivity contribution in [2.75, 3.05) is 29.0 Å². The van der Waals surface area contributed by atoms with E-state index in [4.69, 9.17) is 10.7 Å². The summed E-state index contributed by atoms with van der Waals surface area (Å²) >= 11 is 0. The quantitative estimate of drug-likeness (QED) is 0.559. The molecular formula is C22H30ClN7O. The first kappa shape index (κ1) is 24.2. The fourth-order valence-electron chi connectivity index (χ4n) is 3.64. The van der Waals surface area contributed by atoms with Crippen molar-refractivity contribution in [3.63, 3.8) is 0 Å². The summed E-state index contributed by atoms with van der Waals surface area (Å²) in [6, 6.07) is 9.47. The zero-order valence-electron chi connectivity index (χ0n) is 18.0. The van der Waals surface area contributed by atoms with E-state index in [9.17, 15) is 10.1 Å². The molecule has 0 radical (unpaired) electrons. The van der Waals surface area contributed by atoms with Gasteiger partial charge in [0.05, 0.1) is 5.56 Å². The predicted molar refractivity (Wildman–Crippen MR) is 126 cm³/mol. The lowest BCUT2D eigenvalue weighted by molar-refractivity contribution is -0.119. The lowest BCUT2D eigenvalue weighted by atomic mass is 10.1. The third-order valence-electron chi connectivity index (χ3n) is 5.13. The number of nitrogens with one attached hydrogen (secondary N) is 2. The molecule has 1 aromatic carbocycles. The zero-order chi connectivity index (χ0) is 21.5. The number of amides is 1. The molecule has 9 heteroatoms. The van der Waals surface area contributed by atoms with Crippen molar-refractivity contribution in [2.24, 2.45) is 0 Å². The number of unbranched alkanes of at least 4 members (excludes halogenated alkanes) is 1. The van der Waals surface area contributed by atoms with Crippen LogP contribution < -0.4 is 21.3 Å². The maximum Gasteiger partial charge on any atom is 0.229 e. The number of carbonyl (C=O) groups is 1. The molecule has 0 bridgehead atoms. The number of aromatic nitrogens is 2. The standard InChI is InChI=1S/C22H29N7O.ClH/c1-3-4-6-17-12-21(29-10-5-7-19(14-29)25-15(2)30)28-22(26-17)27-18-8-9-20(24)16(11-18)13-23;/h8-9,11-12,19H,3-7,10,14,24H2,1-2H3,(H,25,30)(H,26,27,28);1H. The van der Waals surface area contributed by atoms with Crippen molar-refractivity contribution in [3.8, 4) is 6.07 Å². The number of nitrogen functional groups attached to an aromatic ring is 1. The van der Waals surface area contributed by atoms with Gasteiger partial charge in [0.15, 0.2) is 0 Å². The lowest BCUT2D eigenvalue weighted by Gasteiger charge is -2.34. The van der Waals surface area contributed by atoms with Gasteiger partial charge < -0.3 is 21.3 Å². The number of nitriles is 1. The van der Waals surface area contributed by atoms with Crippen molar-refractivity contribution in [2.45, 2.75) is 52.0 Å². The Morgan fingerprint density at radius 2 is 2.16 bits per heavy atom. The fraction of sp³-hybridized carbons (Fsp3) is 0.455. The molecule has 0 saturated carbocycles. The molecule has 1 atom stereocenters. The minimum absolute atomic E-state index is 0. The fourth-order valence-corrected chi connectivity index (χ4v) is 3.64. The van der Waals surface area contributed by atoms with Crippen molar-refractivity contribution >= 4 is 41.5 Å². The highest BCUT2D eigenvalue weighted by molar-refractivity contribution is 5.85. The smallest absolute Gasteiger partial charge is 0.229 e. The summed E-state index contributed by atoms with van der Waals surface area (Å²) in [6.45, 7) is 5.32. The number of nitrogens with zero attached hydrogens (tertiary/aromatic N) is 4. The van der Waals surface area contributed by atoms with Crippen molar-refractivity contribution < 1.29 is 4.79 Å². The monoisotopic (exact) mass is 443 g/mol. The van der Waals surface area contributed by atoms with Crippen LogP contribution >= 0.6 is 12.4 Å². The van der Waals surface area contributed by atoms with E-state index in [-0.39, 0.29) is 24.4 Å². The Balaban J connectivity index is 0.00000341. The minimum Gasteiger partial charge on any atom is -0.398 e. The summed E-state index contributed by atoms with van der Waals surface area (Å²) in [5.74, 6) is 1.34. The van der Waals surface area contributed by atoms with Gasteiger partial charge in [0.2, 0.25) is 11.9 Å². The van der Waals surface area contributed by atoms with E-state index in [1.54, 1.807) is 19.1 Å². The largest absolute Gasteiger partial charge is 0.398 e. The highest BCUT2D eigenvalue weighted by Gasteiger charge is 2.22. The summed E-state index contributed by atoms with van der Waals surface area (Å²) in [7, 11) is 0. The van der Waals surface area contributed by atoms with Gasteiger partial charge in [-0.15, -0.1) is 12.4 Å². The van der Waals surface area contributed by atoms with Crippen molar-refractivity contribution in [1.82, 2.24) is 15.3 Å². The average Bonchev–Trinajstić information content (AvgIpc) is 2.73. The molecule has 1 aliphatic rings. The van der Waals surface area contributed by atoms with Crippen LogP contribution in [0, 0.1) is 11.3 Å². The second-order valence-electron chi connectivity index (χ2n) is 7.67. The molecule has 2 heterocycles. The summed E-state index contributed by atoms with van der Waals surface area (Å²) in [4.78, 5) is 23.1. The molecule has 1 amide bonds. The van der Waals surface area contributed by atoms with E-state index in [0.717, 1.165) is 56.7 Å². The molecule has 1 fully saturated rings. The third kappa shape index (κ3) is 6.72. The normalized spacial score (nSPS) is 15.5. The van der Waals surface area contributed by atoms with Crippen LogP contribution in [0.4, 0.5) is 23.1 Å². The molecule has 0 spiro atoms. The Kier molecular flexibility index (Phi) is 8.88. The molecule has 166 valence electrons. The van der Waals surface area contributed by atoms with Crippen LogP contribution in [0.2, 0.25) is 0 Å². The molecule has 1 aromatic heterocycles. The molecule has 4 N–H and O–H groups in total. The number of aryl methyl sites for hydroxylation is 1. The molecule has 31 heavy (non-hydrogen) atoms. The summed E-state index contributed by atoms with van der Waals surface area (Å²) in [6.07, 6.45) is 4.96. The van der Waals surface area contributed by atoms with Crippen molar-refractivity contribution in [1.29, 1.82) is 5.26 Å².